The van der Waals surface area contributed by atoms with Gasteiger partial charge in [-0.2, -0.15) is 0 Å². The van der Waals surface area contributed by atoms with Crippen molar-refractivity contribution in [3.8, 4) is 5.75 Å². The lowest BCUT2D eigenvalue weighted by atomic mass is 10.0. The highest BCUT2D eigenvalue weighted by atomic mass is 127. The van der Waals surface area contributed by atoms with Crippen LogP contribution < -0.4 is 15.4 Å². The average molecular weight is 504 g/mol. The fourth-order valence-corrected chi connectivity index (χ4v) is 2.64. The summed E-state index contributed by atoms with van der Waals surface area (Å²) in [4.78, 5) is 5.90. The number of halogens is 3. The molecule has 1 unspecified atom stereocenters. The number of ether oxygens (including phenoxy) is 1. The van der Waals surface area contributed by atoms with Crippen molar-refractivity contribution in [2.75, 3.05) is 40.8 Å². The quantitative estimate of drug-likeness (QED) is 0.251. The van der Waals surface area contributed by atoms with Gasteiger partial charge < -0.3 is 20.3 Å². The molecule has 0 amide bonds. The molecule has 2 aromatic rings. The average Bonchev–Trinajstić information content (AvgIpc) is 2.66. The largest absolute Gasteiger partial charge is 0.492 e. The summed E-state index contributed by atoms with van der Waals surface area (Å²) in [5.74, 6) is 0.213. The van der Waals surface area contributed by atoms with E-state index in [-0.39, 0.29) is 29.5 Å². The molecule has 0 saturated heterocycles. The summed E-state index contributed by atoms with van der Waals surface area (Å²) in [6.07, 6.45) is 0. The van der Waals surface area contributed by atoms with Crippen molar-refractivity contribution in [2.45, 2.75) is 6.04 Å². The summed E-state index contributed by atoms with van der Waals surface area (Å²) in [5.41, 5.74) is 0.0397. The predicted molar refractivity (Wildman–Crippen MR) is 120 cm³/mol. The van der Waals surface area contributed by atoms with Gasteiger partial charge in [0, 0.05) is 19.2 Å². The Bertz CT molecular complexity index is 724. The van der Waals surface area contributed by atoms with Crippen LogP contribution in [0.1, 0.15) is 11.6 Å². The van der Waals surface area contributed by atoms with Crippen LogP contribution in [0.5, 0.6) is 5.75 Å². The van der Waals surface area contributed by atoms with Crippen molar-refractivity contribution >= 4 is 29.9 Å². The first kappa shape index (κ1) is 24.1. The molecule has 154 valence electrons. The molecule has 2 aromatic carbocycles. The van der Waals surface area contributed by atoms with Gasteiger partial charge in [-0.05, 0) is 38.4 Å². The van der Waals surface area contributed by atoms with Gasteiger partial charge in [0.25, 0.3) is 0 Å². The van der Waals surface area contributed by atoms with Crippen LogP contribution in [0.25, 0.3) is 0 Å². The van der Waals surface area contributed by atoms with Crippen LogP contribution in [-0.2, 0) is 0 Å². The molecule has 0 aliphatic rings. The Hall–Kier alpha value is -1.94. The predicted octanol–water partition coefficient (Wildman–Crippen LogP) is 3.43. The zero-order valence-electron chi connectivity index (χ0n) is 16.3. The van der Waals surface area contributed by atoms with Crippen LogP contribution in [0.3, 0.4) is 0 Å². The molecule has 2 rings (SSSR count). The van der Waals surface area contributed by atoms with Gasteiger partial charge >= 0.3 is 0 Å². The topological polar surface area (TPSA) is 48.9 Å². The van der Waals surface area contributed by atoms with E-state index in [9.17, 15) is 8.78 Å². The van der Waals surface area contributed by atoms with Crippen molar-refractivity contribution in [1.29, 1.82) is 0 Å². The molecule has 0 aliphatic carbocycles. The van der Waals surface area contributed by atoms with Crippen LogP contribution in [0.15, 0.2) is 53.5 Å². The molecular weight excluding hydrogens is 477 g/mol. The van der Waals surface area contributed by atoms with E-state index < -0.39 is 17.7 Å². The molecule has 0 aliphatic heterocycles. The third kappa shape index (κ3) is 7.23. The molecule has 0 heterocycles. The third-order valence-electron chi connectivity index (χ3n) is 4.05. The Balaban J connectivity index is 0.00000392. The summed E-state index contributed by atoms with van der Waals surface area (Å²) >= 11 is 0. The summed E-state index contributed by atoms with van der Waals surface area (Å²) in [6.45, 7) is 1.29. The minimum Gasteiger partial charge on any atom is -0.492 e. The van der Waals surface area contributed by atoms with Crippen molar-refractivity contribution < 1.29 is 13.5 Å². The fraction of sp³-hybridized carbons (Fsp3) is 0.350. The van der Waals surface area contributed by atoms with Crippen LogP contribution >= 0.6 is 24.0 Å². The minimum absolute atomic E-state index is 0. The van der Waals surface area contributed by atoms with Gasteiger partial charge in [0.2, 0.25) is 0 Å². The van der Waals surface area contributed by atoms with Gasteiger partial charge in [0.15, 0.2) is 5.96 Å². The van der Waals surface area contributed by atoms with Crippen LogP contribution in [0, 0.1) is 11.6 Å². The second-order valence-electron chi connectivity index (χ2n) is 6.16. The zero-order chi connectivity index (χ0) is 19.6. The van der Waals surface area contributed by atoms with E-state index in [0.717, 1.165) is 5.75 Å². The second-order valence-corrected chi connectivity index (χ2v) is 6.16. The molecule has 2 N–H and O–H groups in total. The maximum absolute atomic E-state index is 14.1. The van der Waals surface area contributed by atoms with E-state index >= 15 is 0 Å². The SMILES string of the molecule is CN=C(NCCOc1ccccc1)NCC(c1c(F)cccc1F)N(C)C.I. The Morgan fingerprint density at radius 1 is 1.04 bits per heavy atom. The first-order valence-corrected chi connectivity index (χ1v) is 8.75. The van der Waals surface area contributed by atoms with Gasteiger partial charge in [0.1, 0.15) is 24.0 Å². The lowest BCUT2D eigenvalue weighted by Crippen LogP contribution is -2.43. The first-order valence-electron chi connectivity index (χ1n) is 8.75. The molecule has 0 radical (unpaired) electrons. The lowest BCUT2D eigenvalue weighted by Gasteiger charge is -2.26. The molecule has 0 fully saturated rings. The highest BCUT2D eigenvalue weighted by molar-refractivity contribution is 14.0. The third-order valence-corrected chi connectivity index (χ3v) is 4.05. The van der Waals surface area contributed by atoms with Gasteiger partial charge in [-0.3, -0.25) is 4.99 Å². The van der Waals surface area contributed by atoms with Crippen molar-refractivity contribution in [3.05, 3.63) is 65.7 Å². The summed E-state index contributed by atoms with van der Waals surface area (Å²) in [6, 6.07) is 12.9. The fourth-order valence-electron chi connectivity index (χ4n) is 2.64. The highest BCUT2D eigenvalue weighted by Gasteiger charge is 2.22. The summed E-state index contributed by atoms with van der Waals surface area (Å²) < 4.78 is 33.9. The number of rotatable bonds is 8. The highest BCUT2D eigenvalue weighted by Crippen LogP contribution is 2.23. The summed E-state index contributed by atoms with van der Waals surface area (Å²) in [5, 5.41) is 6.23. The molecule has 28 heavy (non-hydrogen) atoms. The second kappa shape index (κ2) is 12.5. The standard InChI is InChI=1S/C20H26F2N4O.HI/c1-23-20(24-12-13-27-15-8-5-4-6-9-15)25-14-18(26(2)3)19-16(21)10-7-11-17(19)22;/h4-11,18H,12-14H2,1-3H3,(H2,23,24,25);1H. The van der Waals surface area contributed by atoms with Crippen LogP contribution in [0.4, 0.5) is 8.78 Å². The Labute approximate surface area is 182 Å². The number of likely N-dealkylation sites (N-methyl/N-ethyl adjacent to an activating group) is 1. The van der Waals surface area contributed by atoms with E-state index in [1.165, 1.54) is 18.2 Å². The number of hydrogen-bond donors (Lipinski definition) is 2. The molecule has 0 bridgehead atoms. The first-order chi connectivity index (χ1) is 13.0. The zero-order valence-corrected chi connectivity index (χ0v) is 18.6. The van der Waals surface area contributed by atoms with Crippen LogP contribution in [-0.4, -0.2) is 51.7 Å². The van der Waals surface area contributed by atoms with E-state index in [0.29, 0.717) is 25.7 Å². The molecule has 1 atom stereocenters. The Morgan fingerprint density at radius 3 is 2.25 bits per heavy atom. The molecule has 8 heteroatoms. The number of para-hydroxylation sites is 1. The van der Waals surface area contributed by atoms with Crippen LogP contribution in [0.2, 0.25) is 0 Å². The normalized spacial score (nSPS) is 12.3. The van der Waals surface area contributed by atoms with E-state index in [4.69, 9.17) is 4.74 Å². The lowest BCUT2D eigenvalue weighted by molar-refractivity contribution is 0.282. The smallest absolute Gasteiger partial charge is 0.191 e. The minimum atomic E-state index is -0.560. The maximum Gasteiger partial charge on any atom is 0.191 e. The Kier molecular flexibility index (Phi) is 10.8. The molecule has 0 spiro atoms. The van der Waals surface area contributed by atoms with E-state index in [1.807, 2.05) is 30.3 Å². The van der Waals surface area contributed by atoms with E-state index in [1.54, 1.807) is 26.0 Å². The summed E-state index contributed by atoms with van der Waals surface area (Å²) in [7, 11) is 5.20. The maximum atomic E-state index is 14.1. The van der Waals surface area contributed by atoms with Crippen molar-refractivity contribution in [1.82, 2.24) is 15.5 Å². The number of nitrogens with one attached hydrogen (secondary N) is 2. The molecule has 0 saturated carbocycles. The van der Waals surface area contributed by atoms with Gasteiger partial charge in [-0.25, -0.2) is 8.78 Å². The van der Waals surface area contributed by atoms with Gasteiger partial charge in [-0.15, -0.1) is 24.0 Å². The number of benzene rings is 2. The van der Waals surface area contributed by atoms with Gasteiger partial charge in [0.05, 0.1) is 12.6 Å². The number of hydrogen-bond acceptors (Lipinski definition) is 3. The monoisotopic (exact) mass is 504 g/mol. The number of guanidine groups is 1. The van der Waals surface area contributed by atoms with Gasteiger partial charge in [-0.1, -0.05) is 24.3 Å². The van der Waals surface area contributed by atoms with Crippen molar-refractivity contribution in [3.63, 3.8) is 0 Å². The number of aliphatic imine (C=N–C) groups is 1. The Morgan fingerprint density at radius 2 is 1.68 bits per heavy atom. The van der Waals surface area contributed by atoms with Crippen molar-refractivity contribution in [2.24, 2.45) is 4.99 Å². The molecule has 0 aromatic heterocycles. The molecule has 5 nitrogen and oxygen atoms in total. The molecular formula is C20H27F2IN4O. The van der Waals surface area contributed by atoms with E-state index in [2.05, 4.69) is 15.6 Å². The number of nitrogens with zero attached hydrogens (tertiary/aromatic N) is 2.